The van der Waals surface area contributed by atoms with Crippen molar-refractivity contribution in [1.29, 1.82) is 0 Å². The highest BCUT2D eigenvalue weighted by Gasteiger charge is 1.98. The van der Waals surface area contributed by atoms with Crippen LogP contribution in [0.5, 0.6) is 5.88 Å². The number of ether oxygens (including phenoxy) is 2. The van der Waals surface area contributed by atoms with E-state index in [-0.39, 0.29) is 0 Å². The van der Waals surface area contributed by atoms with Crippen LogP contribution in [-0.2, 0) is 11.3 Å². The smallest absolute Gasteiger partial charge is 0.233 e. The highest BCUT2D eigenvalue weighted by molar-refractivity contribution is 5.11. The summed E-state index contributed by atoms with van der Waals surface area (Å²) in [5, 5.41) is 11.3. The summed E-state index contributed by atoms with van der Waals surface area (Å²) < 4.78 is 10.5. The van der Waals surface area contributed by atoms with Crippen LogP contribution in [0.3, 0.4) is 0 Å². The summed E-state index contributed by atoms with van der Waals surface area (Å²) in [5.74, 6) is 0.545. The van der Waals surface area contributed by atoms with Crippen molar-refractivity contribution in [2.45, 2.75) is 26.8 Å². The summed E-state index contributed by atoms with van der Waals surface area (Å²) in [5.41, 5.74) is 0.926. The van der Waals surface area contributed by atoms with Crippen LogP contribution in [0.2, 0.25) is 0 Å². The average molecular weight is 239 g/mol. The summed E-state index contributed by atoms with van der Waals surface area (Å²) in [4.78, 5) is 0. The van der Waals surface area contributed by atoms with Crippen molar-refractivity contribution in [1.82, 2.24) is 15.5 Å². The van der Waals surface area contributed by atoms with E-state index in [0.717, 1.165) is 25.2 Å². The minimum Gasteiger partial charge on any atom is -0.474 e. The molecule has 1 N–H and O–H groups in total. The molecule has 1 heterocycles. The molecule has 1 aromatic rings. The van der Waals surface area contributed by atoms with Gasteiger partial charge in [-0.2, -0.15) is 5.10 Å². The molecule has 0 saturated heterocycles. The van der Waals surface area contributed by atoms with Gasteiger partial charge in [0, 0.05) is 19.2 Å². The molecular formula is C12H21N3O2. The predicted octanol–water partition coefficient (Wildman–Crippen LogP) is 1.39. The van der Waals surface area contributed by atoms with E-state index >= 15 is 0 Å². The van der Waals surface area contributed by atoms with Gasteiger partial charge in [-0.05, 0) is 26.0 Å². The van der Waals surface area contributed by atoms with Crippen LogP contribution in [-0.4, -0.2) is 36.6 Å². The first kappa shape index (κ1) is 13.9. The van der Waals surface area contributed by atoms with Crippen molar-refractivity contribution < 1.29 is 9.47 Å². The molecule has 0 spiro atoms. The fourth-order valence-corrected chi connectivity index (χ4v) is 1.26. The Morgan fingerprint density at radius 1 is 1.18 bits per heavy atom. The van der Waals surface area contributed by atoms with Crippen LogP contribution < -0.4 is 10.1 Å². The molecule has 0 bridgehead atoms. The molecular weight excluding hydrogens is 218 g/mol. The number of hydrogen-bond acceptors (Lipinski definition) is 5. The molecule has 0 atom stereocenters. The Labute approximate surface area is 103 Å². The number of nitrogens with zero attached hydrogens (tertiary/aromatic N) is 2. The normalized spacial score (nSPS) is 10.5. The van der Waals surface area contributed by atoms with E-state index < -0.39 is 0 Å². The van der Waals surface area contributed by atoms with Gasteiger partial charge in [0.15, 0.2) is 0 Å². The first-order chi connectivity index (χ1) is 8.36. The van der Waals surface area contributed by atoms with Crippen molar-refractivity contribution in [2.24, 2.45) is 0 Å². The molecule has 0 aliphatic heterocycles. The van der Waals surface area contributed by atoms with Gasteiger partial charge in [-0.3, -0.25) is 0 Å². The van der Waals surface area contributed by atoms with Gasteiger partial charge in [-0.25, -0.2) is 0 Å². The molecule has 1 rings (SSSR count). The molecule has 0 amide bonds. The van der Waals surface area contributed by atoms with Gasteiger partial charge in [-0.1, -0.05) is 6.92 Å². The first-order valence-corrected chi connectivity index (χ1v) is 6.10. The Morgan fingerprint density at radius 2 is 2.06 bits per heavy atom. The van der Waals surface area contributed by atoms with Crippen LogP contribution in [0.1, 0.15) is 26.0 Å². The van der Waals surface area contributed by atoms with Crippen LogP contribution >= 0.6 is 0 Å². The second-order valence-electron chi connectivity index (χ2n) is 3.59. The number of nitrogens with one attached hydrogen (secondary N) is 1. The Hall–Kier alpha value is -1.20. The fraction of sp³-hybridized carbons (Fsp3) is 0.667. The summed E-state index contributed by atoms with van der Waals surface area (Å²) in [6.07, 6.45) is 1.12. The van der Waals surface area contributed by atoms with E-state index in [1.807, 2.05) is 19.1 Å². The van der Waals surface area contributed by atoms with Crippen molar-refractivity contribution in [3.05, 3.63) is 17.8 Å². The summed E-state index contributed by atoms with van der Waals surface area (Å²) in [7, 11) is 0. The third kappa shape index (κ3) is 6.19. The largest absolute Gasteiger partial charge is 0.474 e. The zero-order chi connectivity index (χ0) is 12.3. The van der Waals surface area contributed by atoms with Crippen LogP contribution in [0, 0.1) is 0 Å². The zero-order valence-corrected chi connectivity index (χ0v) is 10.6. The maximum absolute atomic E-state index is 5.37. The predicted molar refractivity (Wildman–Crippen MR) is 66.0 cm³/mol. The molecule has 0 saturated carbocycles. The highest BCUT2D eigenvalue weighted by Crippen LogP contribution is 2.04. The van der Waals surface area contributed by atoms with Gasteiger partial charge >= 0.3 is 0 Å². The molecule has 0 aromatic carbocycles. The second kappa shape index (κ2) is 8.90. The second-order valence-corrected chi connectivity index (χ2v) is 3.59. The maximum Gasteiger partial charge on any atom is 0.233 e. The summed E-state index contributed by atoms with van der Waals surface area (Å²) in [6.45, 7) is 7.63. The molecule has 0 unspecified atom stereocenters. The Morgan fingerprint density at radius 3 is 2.71 bits per heavy atom. The van der Waals surface area contributed by atoms with Crippen molar-refractivity contribution in [3.63, 3.8) is 0 Å². The third-order valence-electron chi connectivity index (χ3n) is 2.11. The van der Waals surface area contributed by atoms with E-state index in [1.165, 1.54) is 0 Å². The lowest BCUT2D eigenvalue weighted by Crippen LogP contribution is -2.15. The quantitative estimate of drug-likeness (QED) is 0.660. The Bertz CT molecular complexity index is 290. The summed E-state index contributed by atoms with van der Waals surface area (Å²) >= 11 is 0. The minimum absolute atomic E-state index is 0.510. The number of hydrogen-bond donors (Lipinski definition) is 1. The van der Waals surface area contributed by atoms with E-state index in [1.54, 1.807) is 0 Å². The lowest BCUT2D eigenvalue weighted by atomic mass is 10.3. The zero-order valence-electron chi connectivity index (χ0n) is 10.6. The molecule has 5 heteroatoms. The summed E-state index contributed by atoms with van der Waals surface area (Å²) in [6, 6.07) is 3.76. The fourth-order valence-electron chi connectivity index (χ4n) is 1.26. The van der Waals surface area contributed by atoms with E-state index in [9.17, 15) is 0 Å². The molecule has 0 radical (unpaired) electrons. The van der Waals surface area contributed by atoms with Crippen LogP contribution in [0.4, 0.5) is 0 Å². The van der Waals surface area contributed by atoms with E-state index in [4.69, 9.17) is 9.47 Å². The van der Waals surface area contributed by atoms with Gasteiger partial charge in [0.25, 0.3) is 0 Å². The van der Waals surface area contributed by atoms with Crippen molar-refractivity contribution >= 4 is 0 Å². The third-order valence-corrected chi connectivity index (χ3v) is 2.11. The first-order valence-electron chi connectivity index (χ1n) is 6.10. The number of rotatable bonds is 9. The SMILES string of the molecule is CCCNCc1ccc(OCCOCC)nn1. The van der Waals surface area contributed by atoms with E-state index in [0.29, 0.717) is 25.7 Å². The minimum atomic E-state index is 0.510. The topological polar surface area (TPSA) is 56.3 Å². The van der Waals surface area contributed by atoms with Gasteiger partial charge in [0.05, 0.1) is 12.3 Å². The molecule has 1 aromatic heterocycles. The molecule has 0 aliphatic rings. The standard InChI is InChI=1S/C12H21N3O2/c1-3-7-13-10-11-5-6-12(15-14-11)17-9-8-16-4-2/h5-6,13H,3-4,7-10H2,1-2H3. The molecule has 0 fully saturated rings. The lowest BCUT2D eigenvalue weighted by Gasteiger charge is -2.05. The average Bonchev–Trinajstić information content (AvgIpc) is 2.37. The molecule has 17 heavy (non-hydrogen) atoms. The van der Waals surface area contributed by atoms with Gasteiger partial charge < -0.3 is 14.8 Å². The molecule has 5 nitrogen and oxygen atoms in total. The maximum atomic E-state index is 5.37. The van der Waals surface area contributed by atoms with Crippen LogP contribution in [0.25, 0.3) is 0 Å². The van der Waals surface area contributed by atoms with Gasteiger partial charge in [0.2, 0.25) is 5.88 Å². The van der Waals surface area contributed by atoms with Crippen molar-refractivity contribution in [3.8, 4) is 5.88 Å². The monoisotopic (exact) mass is 239 g/mol. The van der Waals surface area contributed by atoms with Crippen molar-refractivity contribution in [2.75, 3.05) is 26.4 Å². The van der Waals surface area contributed by atoms with Gasteiger partial charge in [0.1, 0.15) is 6.61 Å². The van der Waals surface area contributed by atoms with Gasteiger partial charge in [-0.15, -0.1) is 5.10 Å². The highest BCUT2D eigenvalue weighted by atomic mass is 16.5. The van der Waals surface area contributed by atoms with E-state index in [2.05, 4.69) is 22.4 Å². The number of aromatic nitrogens is 2. The Kier molecular flexibility index (Phi) is 7.25. The Balaban J connectivity index is 2.24. The lowest BCUT2D eigenvalue weighted by molar-refractivity contribution is 0.108. The molecule has 0 aliphatic carbocycles. The molecule has 96 valence electrons. The van der Waals surface area contributed by atoms with Crippen LogP contribution in [0.15, 0.2) is 12.1 Å².